The van der Waals surface area contributed by atoms with Crippen molar-refractivity contribution in [1.29, 1.82) is 0 Å². The van der Waals surface area contributed by atoms with E-state index in [1.807, 2.05) is 13.8 Å². The van der Waals surface area contributed by atoms with Gasteiger partial charge in [-0.05, 0) is 24.8 Å². The third-order valence-corrected chi connectivity index (χ3v) is 2.09. The second-order valence-electron chi connectivity index (χ2n) is 3.31. The average Bonchev–Trinajstić information content (AvgIpc) is 2.01. The molecule has 0 aromatic carbocycles. The van der Waals surface area contributed by atoms with Gasteiger partial charge in [0.1, 0.15) is 0 Å². The summed E-state index contributed by atoms with van der Waals surface area (Å²) in [5.41, 5.74) is 5.98. The fourth-order valence-electron chi connectivity index (χ4n) is 1.26. The molecule has 0 aromatic heterocycles. The van der Waals surface area contributed by atoms with Crippen LogP contribution < -0.4 is 11.1 Å². The molecule has 0 aromatic rings. The molecule has 11 heavy (non-hydrogen) atoms. The summed E-state index contributed by atoms with van der Waals surface area (Å²) in [6.07, 6.45) is 2.47. The van der Waals surface area contributed by atoms with Crippen LogP contribution in [0.4, 0.5) is 0 Å². The minimum absolute atomic E-state index is 0.583. The van der Waals surface area contributed by atoms with Crippen LogP contribution in [0.25, 0.3) is 0 Å². The zero-order valence-electron chi connectivity index (χ0n) is 8.11. The molecule has 0 spiro atoms. The van der Waals surface area contributed by atoms with Gasteiger partial charge in [-0.1, -0.05) is 20.8 Å². The Morgan fingerprint density at radius 1 is 1.36 bits per heavy atom. The fraction of sp³-hybridized carbons (Fsp3) is 1.00. The highest BCUT2D eigenvalue weighted by Crippen LogP contribution is 2.26. The molecule has 1 saturated heterocycles. The number of nitrogens with one attached hydrogen (secondary N) is 1. The Labute approximate surface area is 70.5 Å². The second kappa shape index (κ2) is 5.56. The van der Waals surface area contributed by atoms with E-state index in [1.165, 1.54) is 25.9 Å². The summed E-state index contributed by atoms with van der Waals surface area (Å²) in [5.74, 6) is 0. The van der Waals surface area contributed by atoms with E-state index >= 15 is 0 Å². The van der Waals surface area contributed by atoms with Crippen LogP contribution in [0.1, 0.15) is 33.6 Å². The third-order valence-electron chi connectivity index (χ3n) is 2.09. The van der Waals surface area contributed by atoms with Crippen LogP contribution >= 0.6 is 0 Å². The molecule has 68 valence electrons. The van der Waals surface area contributed by atoms with Crippen molar-refractivity contribution in [2.75, 3.05) is 19.6 Å². The van der Waals surface area contributed by atoms with Crippen LogP contribution in [-0.4, -0.2) is 19.6 Å². The quantitative estimate of drug-likeness (QED) is 0.651. The van der Waals surface area contributed by atoms with Gasteiger partial charge in [0.15, 0.2) is 0 Å². The maximum atomic E-state index is 5.39. The number of hydrogen-bond acceptors (Lipinski definition) is 2. The molecule has 1 heterocycles. The topological polar surface area (TPSA) is 38.0 Å². The SMILES string of the molecule is CC.CC1(CCCN)CNC1. The van der Waals surface area contributed by atoms with Crippen molar-refractivity contribution in [2.24, 2.45) is 11.1 Å². The largest absolute Gasteiger partial charge is 0.330 e. The number of rotatable bonds is 3. The fourth-order valence-corrected chi connectivity index (χ4v) is 1.26. The van der Waals surface area contributed by atoms with Crippen LogP contribution in [0.5, 0.6) is 0 Å². The normalized spacial score (nSPS) is 19.6. The van der Waals surface area contributed by atoms with Crippen molar-refractivity contribution in [3.05, 3.63) is 0 Å². The van der Waals surface area contributed by atoms with E-state index in [0.717, 1.165) is 6.54 Å². The lowest BCUT2D eigenvalue weighted by atomic mass is 9.80. The van der Waals surface area contributed by atoms with Crippen molar-refractivity contribution < 1.29 is 0 Å². The van der Waals surface area contributed by atoms with Gasteiger partial charge in [-0.3, -0.25) is 0 Å². The monoisotopic (exact) mass is 158 g/mol. The van der Waals surface area contributed by atoms with Gasteiger partial charge in [0, 0.05) is 13.1 Å². The van der Waals surface area contributed by atoms with E-state index < -0.39 is 0 Å². The molecule has 0 atom stereocenters. The van der Waals surface area contributed by atoms with Crippen LogP contribution in [0, 0.1) is 5.41 Å². The van der Waals surface area contributed by atoms with E-state index in [-0.39, 0.29) is 0 Å². The van der Waals surface area contributed by atoms with Gasteiger partial charge < -0.3 is 11.1 Å². The highest BCUT2D eigenvalue weighted by molar-refractivity contribution is 4.87. The van der Waals surface area contributed by atoms with Gasteiger partial charge in [-0.2, -0.15) is 0 Å². The van der Waals surface area contributed by atoms with Crippen molar-refractivity contribution >= 4 is 0 Å². The minimum Gasteiger partial charge on any atom is -0.330 e. The Morgan fingerprint density at radius 3 is 2.18 bits per heavy atom. The molecule has 2 nitrogen and oxygen atoms in total. The summed E-state index contributed by atoms with van der Waals surface area (Å²) >= 11 is 0. The average molecular weight is 158 g/mol. The van der Waals surface area contributed by atoms with Crippen molar-refractivity contribution in [3.63, 3.8) is 0 Å². The molecule has 0 saturated carbocycles. The molecule has 0 bridgehead atoms. The van der Waals surface area contributed by atoms with Crippen molar-refractivity contribution in [1.82, 2.24) is 5.32 Å². The Hall–Kier alpha value is -0.0800. The van der Waals surface area contributed by atoms with Crippen LogP contribution in [-0.2, 0) is 0 Å². The molecule has 0 amide bonds. The Morgan fingerprint density at radius 2 is 1.91 bits per heavy atom. The zero-order chi connectivity index (χ0) is 8.74. The Kier molecular flexibility index (Phi) is 5.51. The molecular weight excluding hydrogens is 136 g/mol. The van der Waals surface area contributed by atoms with Gasteiger partial charge in [0.25, 0.3) is 0 Å². The summed E-state index contributed by atoms with van der Waals surface area (Å²) in [4.78, 5) is 0. The van der Waals surface area contributed by atoms with Crippen molar-refractivity contribution in [3.8, 4) is 0 Å². The molecule has 1 aliphatic heterocycles. The van der Waals surface area contributed by atoms with E-state index in [9.17, 15) is 0 Å². The molecule has 2 heteroatoms. The zero-order valence-corrected chi connectivity index (χ0v) is 8.11. The molecule has 3 N–H and O–H groups in total. The molecule has 1 rings (SSSR count). The first-order valence-electron chi connectivity index (χ1n) is 4.68. The summed E-state index contributed by atoms with van der Waals surface area (Å²) in [6.45, 7) is 9.54. The van der Waals surface area contributed by atoms with Crippen LogP contribution in [0.3, 0.4) is 0 Å². The first kappa shape index (κ1) is 10.9. The first-order valence-corrected chi connectivity index (χ1v) is 4.68. The Balaban J connectivity index is 0.000000461. The lowest BCUT2D eigenvalue weighted by Gasteiger charge is -2.39. The molecule has 0 unspecified atom stereocenters. The summed E-state index contributed by atoms with van der Waals surface area (Å²) < 4.78 is 0. The highest BCUT2D eigenvalue weighted by Gasteiger charge is 2.30. The third kappa shape index (κ3) is 3.73. The lowest BCUT2D eigenvalue weighted by molar-refractivity contribution is 0.177. The van der Waals surface area contributed by atoms with E-state index in [0.29, 0.717) is 5.41 Å². The first-order chi connectivity index (χ1) is 5.27. The summed E-state index contributed by atoms with van der Waals surface area (Å²) in [5, 5.41) is 3.27. The maximum absolute atomic E-state index is 5.39. The molecule has 1 aliphatic rings. The van der Waals surface area contributed by atoms with Gasteiger partial charge in [-0.15, -0.1) is 0 Å². The van der Waals surface area contributed by atoms with Crippen LogP contribution in [0.2, 0.25) is 0 Å². The minimum atomic E-state index is 0.583. The predicted octanol–water partition coefficient (Wildman–Crippen LogP) is 1.36. The van der Waals surface area contributed by atoms with Crippen LogP contribution in [0.15, 0.2) is 0 Å². The van der Waals surface area contributed by atoms with E-state index in [1.54, 1.807) is 0 Å². The number of nitrogens with two attached hydrogens (primary N) is 1. The summed E-state index contributed by atoms with van der Waals surface area (Å²) in [6, 6.07) is 0. The molecule has 0 radical (unpaired) electrons. The predicted molar refractivity (Wildman–Crippen MR) is 50.6 cm³/mol. The number of hydrogen-bond donors (Lipinski definition) is 2. The maximum Gasteiger partial charge on any atom is 0.00176 e. The Bertz CT molecular complexity index is 87.6. The smallest absolute Gasteiger partial charge is 0.00176 e. The van der Waals surface area contributed by atoms with Gasteiger partial charge in [0.2, 0.25) is 0 Å². The lowest BCUT2D eigenvalue weighted by Crippen LogP contribution is -2.51. The molecular formula is C9H22N2. The molecule has 0 aliphatic carbocycles. The van der Waals surface area contributed by atoms with Gasteiger partial charge in [0.05, 0.1) is 0 Å². The van der Waals surface area contributed by atoms with Crippen molar-refractivity contribution in [2.45, 2.75) is 33.6 Å². The van der Waals surface area contributed by atoms with E-state index in [4.69, 9.17) is 5.73 Å². The second-order valence-corrected chi connectivity index (χ2v) is 3.31. The standard InChI is InChI=1S/C7H16N2.C2H6/c1-7(3-2-4-8)5-9-6-7;1-2/h9H,2-6,8H2,1H3;1-2H3. The summed E-state index contributed by atoms with van der Waals surface area (Å²) in [7, 11) is 0. The highest BCUT2D eigenvalue weighted by atomic mass is 15.0. The van der Waals surface area contributed by atoms with Gasteiger partial charge in [-0.25, -0.2) is 0 Å². The van der Waals surface area contributed by atoms with E-state index in [2.05, 4.69) is 12.2 Å². The van der Waals surface area contributed by atoms with Gasteiger partial charge >= 0.3 is 0 Å². The molecule has 1 fully saturated rings.